The zero-order valence-electron chi connectivity index (χ0n) is 18.9. The zero-order valence-corrected chi connectivity index (χ0v) is 18.9. The third-order valence-electron chi connectivity index (χ3n) is 5.16. The zero-order chi connectivity index (χ0) is 22.2. The van der Waals surface area contributed by atoms with E-state index in [2.05, 4.69) is 34.3 Å². The molecule has 2 aromatic rings. The van der Waals surface area contributed by atoms with Gasteiger partial charge in [0.15, 0.2) is 11.5 Å². The van der Waals surface area contributed by atoms with Gasteiger partial charge in [-0.25, -0.2) is 0 Å². The van der Waals surface area contributed by atoms with E-state index in [1.165, 1.54) is 5.69 Å². The maximum absolute atomic E-state index is 12.9. The first kappa shape index (κ1) is 22.7. The molecule has 1 saturated heterocycles. The fourth-order valence-electron chi connectivity index (χ4n) is 3.54. The van der Waals surface area contributed by atoms with E-state index in [0.717, 1.165) is 31.9 Å². The number of amides is 1. The molecule has 1 N–H and O–H groups in total. The largest absolute Gasteiger partial charge is 0.490 e. The van der Waals surface area contributed by atoms with Crippen LogP contribution in [0.3, 0.4) is 0 Å². The number of rotatable bonds is 9. The van der Waals surface area contributed by atoms with Crippen molar-refractivity contribution in [2.45, 2.75) is 20.8 Å². The number of nitrogens with one attached hydrogen (secondary N) is 1. The molecule has 2 aromatic carbocycles. The Hall–Kier alpha value is -2.93. The number of hydrogen-bond acceptors (Lipinski definition) is 6. The Kier molecular flexibility index (Phi) is 8.00. The lowest BCUT2D eigenvalue weighted by atomic mass is 10.1. The number of carbonyl (C=O) groups excluding carboxylic acids is 1. The summed E-state index contributed by atoms with van der Waals surface area (Å²) in [5.41, 5.74) is 2.37. The van der Waals surface area contributed by atoms with E-state index in [-0.39, 0.29) is 5.91 Å². The Labute approximate surface area is 184 Å². The molecule has 0 spiro atoms. The quantitative estimate of drug-likeness (QED) is 0.655. The summed E-state index contributed by atoms with van der Waals surface area (Å²) in [7, 11) is 2.14. The van der Waals surface area contributed by atoms with Crippen LogP contribution in [0.15, 0.2) is 36.4 Å². The van der Waals surface area contributed by atoms with E-state index in [1.807, 2.05) is 32.9 Å². The molecule has 1 heterocycles. The van der Waals surface area contributed by atoms with E-state index in [0.29, 0.717) is 42.6 Å². The summed E-state index contributed by atoms with van der Waals surface area (Å²) < 4.78 is 17.1. The lowest BCUT2D eigenvalue weighted by Gasteiger charge is -2.34. The van der Waals surface area contributed by atoms with Crippen molar-refractivity contribution in [1.29, 1.82) is 0 Å². The summed E-state index contributed by atoms with van der Waals surface area (Å²) in [5.74, 6) is 1.31. The van der Waals surface area contributed by atoms with Gasteiger partial charge in [-0.2, -0.15) is 0 Å². The van der Waals surface area contributed by atoms with Crippen LogP contribution < -0.4 is 24.4 Å². The van der Waals surface area contributed by atoms with Gasteiger partial charge in [-0.1, -0.05) is 0 Å². The molecule has 0 unspecified atom stereocenters. The second kappa shape index (κ2) is 10.9. The van der Waals surface area contributed by atoms with Gasteiger partial charge in [0, 0.05) is 43.1 Å². The highest BCUT2D eigenvalue weighted by atomic mass is 16.5. The Morgan fingerprint density at radius 2 is 1.42 bits per heavy atom. The van der Waals surface area contributed by atoms with Crippen LogP contribution in [-0.4, -0.2) is 63.9 Å². The molecule has 7 nitrogen and oxygen atoms in total. The van der Waals surface area contributed by atoms with Crippen molar-refractivity contribution >= 4 is 17.3 Å². The highest BCUT2D eigenvalue weighted by Crippen LogP contribution is 2.39. The third kappa shape index (κ3) is 5.82. The summed E-state index contributed by atoms with van der Waals surface area (Å²) in [6, 6.07) is 11.4. The molecule has 1 aliphatic rings. The van der Waals surface area contributed by atoms with Gasteiger partial charge in [0.25, 0.3) is 5.91 Å². The molecule has 1 aliphatic heterocycles. The first-order chi connectivity index (χ1) is 15.0. The molecule has 0 aliphatic carbocycles. The van der Waals surface area contributed by atoms with Crippen molar-refractivity contribution in [1.82, 2.24) is 4.90 Å². The maximum Gasteiger partial charge on any atom is 0.255 e. The molecule has 0 atom stereocenters. The number of anilines is 2. The molecule has 168 valence electrons. The van der Waals surface area contributed by atoms with Crippen LogP contribution in [0, 0.1) is 0 Å². The van der Waals surface area contributed by atoms with Crippen LogP contribution in [0.5, 0.6) is 17.2 Å². The minimum Gasteiger partial charge on any atom is -0.490 e. The Bertz CT molecular complexity index is 835. The topological polar surface area (TPSA) is 63.3 Å². The predicted octanol–water partition coefficient (Wildman–Crippen LogP) is 3.89. The molecule has 0 aromatic heterocycles. The molecule has 1 fully saturated rings. The van der Waals surface area contributed by atoms with Crippen LogP contribution in [-0.2, 0) is 0 Å². The lowest BCUT2D eigenvalue weighted by Crippen LogP contribution is -2.44. The van der Waals surface area contributed by atoms with Crippen LogP contribution in [0.4, 0.5) is 11.4 Å². The van der Waals surface area contributed by atoms with Crippen molar-refractivity contribution in [3.8, 4) is 17.2 Å². The van der Waals surface area contributed by atoms with Crippen LogP contribution in [0.2, 0.25) is 0 Å². The van der Waals surface area contributed by atoms with Gasteiger partial charge in [0.2, 0.25) is 5.75 Å². The van der Waals surface area contributed by atoms with Crippen LogP contribution in [0.25, 0.3) is 0 Å². The van der Waals surface area contributed by atoms with Gasteiger partial charge in [0.1, 0.15) is 0 Å². The highest BCUT2D eigenvalue weighted by Gasteiger charge is 2.19. The van der Waals surface area contributed by atoms with Crippen molar-refractivity contribution in [3.05, 3.63) is 42.0 Å². The number of nitrogens with zero attached hydrogens (tertiary/aromatic N) is 2. The monoisotopic (exact) mass is 427 g/mol. The molecule has 3 rings (SSSR count). The van der Waals surface area contributed by atoms with Crippen LogP contribution >= 0.6 is 0 Å². The number of hydrogen-bond donors (Lipinski definition) is 1. The van der Waals surface area contributed by atoms with Crippen molar-refractivity contribution < 1.29 is 19.0 Å². The first-order valence-electron chi connectivity index (χ1n) is 11.0. The number of likely N-dealkylation sites (N-methyl/N-ethyl adjacent to an activating group) is 1. The Balaban J connectivity index is 1.76. The average molecular weight is 428 g/mol. The lowest BCUT2D eigenvalue weighted by molar-refractivity contribution is 0.102. The SMILES string of the molecule is CCOc1cc(C(=O)Nc2ccc(N3CCN(C)CC3)cc2)cc(OCC)c1OCC. The molecule has 31 heavy (non-hydrogen) atoms. The number of ether oxygens (including phenoxy) is 3. The fourth-order valence-corrected chi connectivity index (χ4v) is 3.54. The minimum atomic E-state index is -0.225. The van der Waals surface area contributed by atoms with Crippen LogP contribution in [0.1, 0.15) is 31.1 Å². The standard InChI is InChI=1S/C24H33N3O4/c1-5-29-21-16-18(17-22(30-6-2)23(21)31-7-3)24(28)25-19-8-10-20(11-9-19)27-14-12-26(4)13-15-27/h8-11,16-17H,5-7,12-15H2,1-4H3,(H,25,28). The molecular formula is C24H33N3O4. The smallest absolute Gasteiger partial charge is 0.255 e. The molecule has 1 amide bonds. The molecule has 7 heteroatoms. The van der Waals surface area contributed by atoms with Gasteiger partial charge < -0.3 is 29.3 Å². The summed E-state index contributed by atoms with van der Waals surface area (Å²) in [5, 5.41) is 2.97. The fraction of sp³-hybridized carbons (Fsp3) is 0.458. The molecule has 0 radical (unpaired) electrons. The highest BCUT2D eigenvalue weighted by molar-refractivity contribution is 6.05. The molecule has 0 bridgehead atoms. The summed E-state index contributed by atoms with van der Waals surface area (Å²) in [6.45, 7) is 11.2. The first-order valence-corrected chi connectivity index (χ1v) is 11.0. The Morgan fingerprint density at radius 3 is 1.94 bits per heavy atom. The number of benzene rings is 2. The normalized spacial score (nSPS) is 14.3. The number of piperazine rings is 1. The van der Waals surface area contributed by atoms with E-state index >= 15 is 0 Å². The summed E-state index contributed by atoms with van der Waals surface area (Å²) in [4.78, 5) is 17.6. The second-order valence-electron chi connectivity index (χ2n) is 7.39. The minimum absolute atomic E-state index is 0.225. The summed E-state index contributed by atoms with van der Waals surface area (Å²) >= 11 is 0. The van der Waals surface area contributed by atoms with E-state index in [9.17, 15) is 4.79 Å². The maximum atomic E-state index is 12.9. The van der Waals surface area contributed by atoms with Gasteiger partial charge in [0.05, 0.1) is 19.8 Å². The molecular weight excluding hydrogens is 394 g/mol. The van der Waals surface area contributed by atoms with Gasteiger partial charge in [-0.05, 0) is 64.2 Å². The van der Waals surface area contributed by atoms with Crippen molar-refractivity contribution in [2.24, 2.45) is 0 Å². The second-order valence-corrected chi connectivity index (χ2v) is 7.39. The van der Waals surface area contributed by atoms with Gasteiger partial charge in [-0.3, -0.25) is 4.79 Å². The van der Waals surface area contributed by atoms with E-state index in [1.54, 1.807) is 12.1 Å². The average Bonchev–Trinajstić information content (AvgIpc) is 2.77. The van der Waals surface area contributed by atoms with Crippen molar-refractivity contribution in [2.75, 3.05) is 63.3 Å². The van der Waals surface area contributed by atoms with Crippen molar-refractivity contribution in [3.63, 3.8) is 0 Å². The molecule has 0 saturated carbocycles. The predicted molar refractivity (Wildman–Crippen MR) is 124 cm³/mol. The van der Waals surface area contributed by atoms with Gasteiger partial charge >= 0.3 is 0 Å². The van der Waals surface area contributed by atoms with E-state index in [4.69, 9.17) is 14.2 Å². The van der Waals surface area contributed by atoms with E-state index < -0.39 is 0 Å². The van der Waals surface area contributed by atoms with Gasteiger partial charge in [-0.15, -0.1) is 0 Å². The number of carbonyl (C=O) groups is 1. The third-order valence-corrected chi connectivity index (χ3v) is 5.16. The Morgan fingerprint density at radius 1 is 0.871 bits per heavy atom. The summed E-state index contributed by atoms with van der Waals surface area (Å²) in [6.07, 6.45) is 0.